The standard InChI is InChI=1S/C7H11N3O3/c8-6(1-2-11)7-3-5(4-9-7)10(12)13/h3-4,6,9,11H,1-2,8H2. The minimum absolute atomic E-state index is 0.0108. The van der Waals surface area contributed by atoms with Crippen molar-refractivity contribution in [1.82, 2.24) is 4.98 Å². The summed E-state index contributed by atoms with van der Waals surface area (Å²) in [6, 6.07) is 0.999. The van der Waals surface area contributed by atoms with E-state index in [1.165, 1.54) is 12.3 Å². The van der Waals surface area contributed by atoms with Gasteiger partial charge in [0.2, 0.25) is 0 Å². The minimum atomic E-state index is -0.494. The molecule has 0 bridgehead atoms. The summed E-state index contributed by atoms with van der Waals surface area (Å²) in [5.41, 5.74) is 6.16. The van der Waals surface area contributed by atoms with Crippen molar-refractivity contribution >= 4 is 5.69 Å². The van der Waals surface area contributed by atoms with Gasteiger partial charge in [-0.1, -0.05) is 0 Å². The van der Waals surface area contributed by atoms with Gasteiger partial charge < -0.3 is 15.8 Å². The average Bonchev–Trinajstić information content (AvgIpc) is 2.52. The predicted octanol–water partition coefficient (Wildman–Crippen LogP) is 0.305. The van der Waals surface area contributed by atoms with Gasteiger partial charge in [-0.2, -0.15) is 0 Å². The Balaban J connectivity index is 2.73. The Hall–Kier alpha value is -1.40. The average molecular weight is 185 g/mol. The summed E-state index contributed by atoms with van der Waals surface area (Å²) in [6.07, 6.45) is 1.67. The molecule has 13 heavy (non-hydrogen) atoms. The van der Waals surface area contributed by atoms with E-state index < -0.39 is 4.92 Å². The van der Waals surface area contributed by atoms with Crippen LogP contribution >= 0.6 is 0 Å². The summed E-state index contributed by atoms with van der Waals surface area (Å²) >= 11 is 0. The zero-order valence-electron chi connectivity index (χ0n) is 6.93. The second-order valence-electron chi connectivity index (χ2n) is 2.69. The van der Waals surface area contributed by atoms with Crippen molar-refractivity contribution in [3.8, 4) is 0 Å². The van der Waals surface area contributed by atoms with E-state index in [9.17, 15) is 10.1 Å². The number of H-pyrrole nitrogens is 1. The number of hydrogen-bond donors (Lipinski definition) is 3. The van der Waals surface area contributed by atoms with Crippen LogP contribution in [0.1, 0.15) is 18.2 Å². The molecular formula is C7H11N3O3. The van der Waals surface area contributed by atoms with Crippen LogP contribution in [0.2, 0.25) is 0 Å². The van der Waals surface area contributed by atoms with Crippen LogP contribution in [0.4, 0.5) is 5.69 Å². The molecule has 1 heterocycles. The van der Waals surface area contributed by atoms with Crippen LogP contribution < -0.4 is 5.73 Å². The van der Waals surface area contributed by atoms with Gasteiger partial charge in [0.1, 0.15) is 0 Å². The molecule has 72 valence electrons. The molecule has 0 spiro atoms. The fourth-order valence-electron chi connectivity index (χ4n) is 1.01. The van der Waals surface area contributed by atoms with E-state index in [0.717, 1.165) is 0 Å². The Kier molecular flexibility index (Phi) is 2.99. The normalized spacial score (nSPS) is 12.8. The van der Waals surface area contributed by atoms with E-state index in [2.05, 4.69) is 4.98 Å². The first-order chi connectivity index (χ1) is 6.15. The van der Waals surface area contributed by atoms with Crippen molar-refractivity contribution in [3.05, 3.63) is 28.1 Å². The molecule has 1 aromatic rings. The second kappa shape index (κ2) is 4.01. The third kappa shape index (κ3) is 2.27. The highest BCUT2D eigenvalue weighted by atomic mass is 16.6. The van der Waals surface area contributed by atoms with Gasteiger partial charge in [0.25, 0.3) is 5.69 Å². The summed E-state index contributed by atoms with van der Waals surface area (Å²) in [6.45, 7) is -0.0337. The van der Waals surface area contributed by atoms with E-state index in [1.807, 2.05) is 0 Å². The number of aromatic nitrogens is 1. The zero-order valence-corrected chi connectivity index (χ0v) is 6.93. The molecule has 0 aliphatic rings. The Bertz CT molecular complexity index is 297. The fourth-order valence-corrected chi connectivity index (χ4v) is 1.01. The maximum atomic E-state index is 10.3. The van der Waals surface area contributed by atoms with Crippen LogP contribution in [0.3, 0.4) is 0 Å². The summed E-state index contributed by atoms with van der Waals surface area (Å²) in [4.78, 5) is 12.5. The highest BCUT2D eigenvalue weighted by molar-refractivity contribution is 5.31. The molecule has 6 nitrogen and oxygen atoms in total. The lowest BCUT2D eigenvalue weighted by atomic mass is 10.1. The molecule has 0 fully saturated rings. The predicted molar refractivity (Wildman–Crippen MR) is 46.1 cm³/mol. The van der Waals surface area contributed by atoms with E-state index in [0.29, 0.717) is 12.1 Å². The maximum absolute atomic E-state index is 10.3. The maximum Gasteiger partial charge on any atom is 0.287 e. The van der Waals surface area contributed by atoms with Crippen LogP contribution in [-0.2, 0) is 0 Å². The van der Waals surface area contributed by atoms with Crippen LogP contribution in [0.25, 0.3) is 0 Å². The summed E-state index contributed by atoms with van der Waals surface area (Å²) in [5, 5.41) is 18.9. The van der Waals surface area contributed by atoms with Crippen molar-refractivity contribution in [1.29, 1.82) is 0 Å². The first-order valence-corrected chi connectivity index (χ1v) is 3.84. The van der Waals surface area contributed by atoms with Crippen molar-refractivity contribution in [3.63, 3.8) is 0 Å². The van der Waals surface area contributed by atoms with Crippen LogP contribution in [-0.4, -0.2) is 21.6 Å². The second-order valence-corrected chi connectivity index (χ2v) is 2.69. The molecule has 0 aromatic carbocycles. The number of aromatic amines is 1. The molecule has 1 atom stereocenters. The first kappa shape index (κ1) is 9.69. The third-order valence-corrected chi connectivity index (χ3v) is 1.74. The molecule has 4 N–H and O–H groups in total. The summed E-state index contributed by atoms with van der Waals surface area (Å²) in [5.74, 6) is 0. The molecule has 0 amide bonds. The highest BCUT2D eigenvalue weighted by Crippen LogP contribution is 2.18. The highest BCUT2D eigenvalue weighted by Gasteiger charge is 2.13. The van der Waals surface area contributed by atoms with E-state index in [1.54, 1.807) is 0 Å². The van der Waals surface area contributed by atoms with Gasteiger partial charge in [-0.15, -0.1) is 0 Å². The molecule has 0 aliphatic heterocycles. The quantitative estimate of drug-likeness (QED) is 0.463. The lowest BCUT2D eigenvalue weighted by molar-refractivity contribution is -0.384. The zero-order chi connectivity index (χ0) is 9.84. The molecule has 1 aromatic heterocycles. The van der Waals surface area contributed by atoms with E-state index in [4.69, 9.17) is 10.8 Å². The number of hydrogen-bond acceptors (Lipinski definition) is 4. The van der Waals surface area contributed by atoms with Gasteiger partial charge in [-0.05, 0) is 6.42 Å². The van der Waals surface area contributed by atoms with Crippen molar-refractivity contribution in [2.75, 3.05) is 6.61 Å². The van der Waals surface area contributed by atoms with Crippen LogP contribution in [0.5, 0.6) is 0 Å². The molecular weight excluding hydrogens is 174 g/mol. The van der Waals surface area contributed by atoms with Crippen molar-refractivity contribution in [2.24, 2.45) is 5.73 Å². The Morgan fingerprint density at radius 3 is 2.92 bits per heavy atom. The summed E-state index contributed by atoms with van der Waals surface area (Å²) in [7, 11) is 0. The monoisotopic (exact) mass is 185 g/mol. The number of aliphatic hydroxyl groups is 1. The van der Waals surface area contributed by atoms with Crippen molar-refractivity contribution < 1.29 is 10.0 Å². The topological polar surface area (TPSA) is 105 Å². The number of nitrogens with zero attached hydrogens (tertiary/aromatic N) is 1. The van der Waals surface area contributed by atoms with Crippen molar-refractivity contribution in [2.45, 2.75) is 12.5 Å². The Morgan fingerprint density at radius 2 is 2.46 bits per heavy atom. The number of nitro groups is 1. The van der Waals surface area contributed by atoms with E-state index >= 15 is 0 Å². The molecule has 0 radical (unpaired) electrons. The lowest BCUT2D eigenvalue weighted by Crippen LogP contribution is -2.11. The fraction of sp³-hybridized carbons (Fsp3) is 0.429. The molecule has 0 aliphatic carbocycles. The van der Waals surface area contributed by atoms with E-state index in [-0.39, 0.29) is 18.3 Å². The Morgan fingerprint density at radius 1 is 1.77 bits per heavy atom. The van der Waals surface area contributed by atoms with Gasteiger partial charge in [0.05, 0.1) is 11.1 Å². The smallest absolute Gasteiger partial charge is 0.287 e. The lowest BCUT2D eigenvalue weighted by Gasteiger charge is -2.05. The van der Waals surface area contributed by atoms with Gasteiger partial charge in [0, 0.05) is 24.4 Å². The largest absolute Gasteiger partial charge is 0.396 e. The molecule has 0 saturated heterocycles. The third-order valence-electron chi connectivity index (χ3n) is 1.74. The Labute approximate surface area is 74.5 Å². The van der Waals surface area contributed by atoms with Gasteiger partial charge in [0.15, 0.2) is 0 Å². The van der Waals surface area contributed by atoms with Gasteiger partial charge >= 0.3 is 0 Å². The number of nitrogens with two attached hydrogens (primary N) is 1. The number of aliphatic hydroxyl groups excluding tert-OH is 1. The van der Waals surface area contributed by atoms with Crippen LogP contribution in [0.15, 0.2) is 12.3 Å². The number of nitrogens with one attached hydrogen (secondary N) is 1. The SMILES string of the molecule is NC(CCO)c1cc([N+](=O)[O-])c[nH]1. The molecule has 1 rings (SSSR count). The molecule has 1 unspecified atom stereocenters. The number of rotatable bonds is 4. The first-order valence-electron chi connectivity index (χ1n) is 3.84. The van der Waals surface area contributed by atoms with Gasteiger partial charge in [-0.3, -0.25) is 10.1 Å². The summed E-state index contributed by atoms with van der Waals surface area (Å²) < 4.78 is 0. The molecule has 0 saturated carbocycles. The van der Waals surface area contributed by atoms with Gasteiger partial charge in [-0.25, -0.2) is 0 Å². The molecule has 6 heteroatoms. The minimum Gasteiger partial charge on any atom is -0.396 e. The van der Waals surface area contributed by atoms with Crippen LogP contribution in [0, 0.1) is 10.1 Å².